The Hall–Kier alpha value is -2.89. The second-order valence-corrected chi connectivity index (χ2v) is 6.03. The minimum absolute atomic E-state index is 0.161. The maximum atomic E-state index is 12.1. The Morgan fingerprint density at radius 3 is 2.88 bits per heavy atom. The number of nitrogens with one attached hydrogen (secondary N) is 1. The van der Waals surface area contributed by atoms with E-state index >= 15 is 0 Å². The van der Waals surface area contributed by atoms with Crippen molar-refractivity contribution in [3.05, 3.63) is 59.9 Å². The largest absolute Gasteiger partial charge is 0.479 e. The predicted octanol–water partition coefficient (Wildman–Crippen LogP) is 2.47. The summed E-state index contributed by atoms with van der Waals surface area (Å²) in [5, 5.41) is 6.98. The Morgan fingerprint density at radius 1 is 1.36 bits per heavy atom. The second kappa shape index (κ2) is 7.79. The number of rotatable bonds is 6. The molecule has 2 heterocycles. The van der Waals surface area contributed by atoms with Crippen LogP contribution in [0.15, 0.2) is 53.9 Å². The molecule has 2 aromatic rings. The van der Waals surface area contributed by atoms with Gasteiger partial charge in [0.05, 0.1) is 18.5 Å². The number of hydrogen-bond acceptors (Lipinski definition) is 5. The van der Waals surface area contributed by atoms with Crippen LogP contribution < -0.4 is 10.1 Å². The number of aryl methyl sites for hydroxylation is 1. The van der Waals surface area contributed by atoms with E-state index in [4.69, 9.17) is 9.57 Å². The monoisotopic (exact) mass is 339 g/mol. The fraction of sp³-hybridized carbons (Fsp3) is 0.316. The number of hydrogen-bond donors (Lipinski definition) is 1. The van der Waals surface area contributed by atoms with E-state index in [0.717, 1.165) is 11.3 Å². The lowest BCUT2D eigenvalue weighted by atomic mass is 10.0. The highest BCUT2D eigenvalue weighted by molar-refractivity contribution is 6.01. The van der Waals surface area contributed by atoms with Crippen molar-refractivity contribution in [2.45, 2.75) is 32.5 Å². The summed E-state index contributed by atoms with van der Waals surface area (Å²) in [6.45, 7) is 4.13. The minimum Gasteiger partial charge on any atom is -0.479 e. The van der Waals surface area contributed by atoms with Crippen molar-refractivity contribution in [1.82, 2.24) is 10.3 Å². The van der Waals surface area contributed by atoms with E-state index in [1.165, 1.54) is 5.56 Å². The molecule has 1 aliphatic heterocycles. The van der Waals surface area contributed by atoms with Gasteiger partial charge in [0.25, 0.3) is 5.91 Å². The van der Waals surface area contributed by atoms with Crippen LogP contribution in [0, 0.1) is 6.92 Å². The molecule has 1 aliphatic rings. The molecule has 0 aliphatic carbocycles. The van der Waals surface area contributed by atoms with Crippen LogP contribution in [-0.2, 0) is 9.63 Å². The molecular weight excluding hydrogens is 318 g/mol. The van der Waals surface area contributed by atoms with Gasteiger partial charge in [-0.15, -0.1) is 0 Å². The van der Waals surface area contributed by atoms with E-state index < -0.39 is 6.10 Å². The van der Waals surface area contributed by atoms with Gasteiger partial charge in [-0.3, -0.25) is 9.78 Å². The molecule has 1 N–H and O–H groups in total. The van der Waals surface area contributed by atoms with Gasteiger partial charge >= 0.3 is 0 Å². The number of carbonyl (C=O) groups excluding carboxylic acids is 1. The molecule has 6 heteroatoms. The lowest BCUT2D eigenvalue weighted by Crippen LogP contribution is -2.40. The summed E-state index contributed by atoms with van der Waals surface area (Å²) in [6.07, 6.45) is 3.13. The van der Waals surface area contributed by atoms with Gasteiger partial charge in [-0.2, -0.15) is 0 Å². The molecule has 25 heavy (non-hydrogen) atoms. The summed E-state index contributed by atoms with van der Waals surface area (Å²) >= 11 is 0. The second-order valence-electron chi connectivity index (χ2n) is 6.03. The van der Waals surface area contributed by atoms with Crippen molar-refractivity contribution in [3.8, 4) is 5.75 Å². The Balaban J connectivity index is 1.45. The predicted molar refractivity (Wildman–Crippen MR) is 94.5 cm³/mol. The number of nitrogens with zero attached hydrogens (tertiary/aromatic N) is 2. The zero-order valence-electron chi connectivity index (χ0n) is 14.3. The van der Waals surface area contributed by atoms with E-state index in [9.17, 15) is 4.79 Å². The zero-order chi connectivity index (χ0) is 17.6. The van der Waals surface area contributed by atoms with Gasteiger partial charge in [0.15, 0.2) is 6.10 Å². The summed E-state index contributed by atoms with van der Waals surface area (Å²) < 4.78 is 5.55. The van der Waals surface area contributed by atoms with Crippen LogP contribution in [0.4, 0.5) is 0 Å². The summed E-state index contributed by atoms with van der Waals surface area (Å²) in [4.78, 5) is 21.5. The maximum Gasteiger partial charge on any atom is 0.260 e. The first-order valence-corrected chi connectivity index (χ1v) is 8.26. The minimum atomic E-state index is -0.608. The number of aromatic nitrogens is 1. The van der Waals surface area contributed by atoms with Gasteiger partial charge in [-0.05, 0) is 31.5 Å². The Morgan fingerprint density at radius 2 is 2.16 bits per heavy atom. The molecule has 0 bridgehead atoms. The molecule has 3 rings (SSSR count). The molecule has 2 atom stereocenters. The van der Waals surface area contributed by atoms with E-state index in [-0.39, 0.29) is 12.0 Å². The number of oxime groups is 1. The maximum absolute atomic E-state index is 12.1. The highest BCUT2D eigenvalue weighted by Crippen LogP contribution is 2.17. The average molecular weight is 339 g/mol. The molecule has 0 saturated carbocycles. The van der Waals surface area contributed by atoms with Gasteiger partial charge in [-0.1, -0.05) is 35.0 Å². The SMILES string of the molecule is Cc1ccc(C2=NOC(CNC(=O)C(C)Oc3cccnc3)C2)cc1. The molecule has 0 fully saturated rings. The van der Waals surface area contributed by atoms with Crippen LogP contribution in [-0.4, -0.2) is 35.4 Å². The molecular formula is C19H21N3O3. The van der Waals surface area contributed by atoms with Gasteiger partial charge in [-0.25, -0.2) is 0 Å². The fourth-order valence-corrected chi connectivity index (χ4v) is 2.49. The highest BCUT2D eigenvalue weighted by atomic mass is 16.6. The molecule has 0 radical (unpaired) electrons. The third-order valence-corrected chi connectivity index (χ3v) is 3.94. The third-order valence-electron chi connectivity index (χ3n) is 3.94. The third kappa shape index (κ3) is 4.56. The number of carbonyl (C=O) groups is 1. The van der Waals surface area contributed by atoms with Crippen LogP contribution in [0.1, 0.15) is 24.5 Å². The molecule has 6 nitrogen and oxygen atoms in total. The first-order chi connectivity index (χ1) is 12.1. The number of pyridine rings is 1. The molecule has 0 saturated heterocycles. The number of benzene rings is 1. The van der Waals surface area contributed by atoms with Crippen LogP contribution in [0.2, 0.25) is 0 Å². The Bertz CT molecular complexity index is 744. The van der Waals surface area contributed by atoms with Crippen molar-refractivity contribution in [2.75, 3.05) is 6.54 Å². The van der Waals surface area contributed by atoms with Crippen LogP contribution in [0.5, 0.6) is 5.75 Å². The highest BCUT2D eigenvalue weighted by Gasteiger charge is 2.24. The van der Waals surface area contributed by atoms with Gasteiger partial charge in [0.1, 0.15) is 11.9 Å². The Labute approximate surface area is 146 Å². The van der Waals surface area contributed by atoms with Gasteiger partial charge in [0, 0.05) is 12.6 Å². The van der Waals surface area contributed by atoms with Crippen molar-refractivity contribution in [2.24, 2.45) is 5.16 Å². The van der Waals surface area contributed by atoms with E-state index in [0.29, 0.717) is 18.7 Å². The molecule has 130 valence electrons. The van der Waals surface area contributed by atoms with E-state index in [2.05, 4.69) is 15.5 Å². The summed E-state index contributed by atoms with van der Waals surface area (Å²) in [7, 11) is 0. The molecule has 2 unspecified atom stereocenters. The normalized spacial score (nSPS) is 17.4. The molecule has 1 aromatic heterocycles. The molecule has 0 spiro atoms. The van der Waals surface area contributed by atoms with Crippen LogP contribution in [0.3, 0.4) is 0 Å². The average Bonchev–Trinajstić information content (AvgIpc) is 3.10. The van der Waals surface area contributed by atoms with Crippen molar-refractivity contribution >= 4 is 11.6 Å². The lowest BCUT2D eigenvalue weighted by Gasteiger charge is -2.15. The first kappa shape index (κ1) is 17.0. The smallest absolute Gasteiger partial charge is 0.260 e. The quantitative estimate of drug-likeness (QED) is 0.877. The molecule has 1 amide bonds. The summed E-state index contributed by atoms with van der Waals surface area (Å²) in [5.41, 5.74) is 3.15. The summed E-state index contributed by atoms with van der Waals surface area (Å²) in [5.74, 6) is 0.364. The Kier molecular flexibility index (Phi) is 5.28. The van der Waals surface area contributed by atoms with Crippen molar-refractivity contribution in [1.29, 1.82) is 0 Å². The fourth-order valence-electron chi connectivity index (χ4n) is 2.49. The lowest BCUT2D eigenvalue weighted by molar-refractivity contribution is -0.127. The van der Waals surface area contributed by atoms with Crippen LogP contribution >= 0.6 is 0 Å². The number of amides is 1. The van der Waals surface area contributed by atoms with Crippen molar-refractivity contribution in [3.63, 3.8) is 0 Å². The zero-order valence-corrected chi connectivity index (χ0v) is 14.3. The topological polar surface area (TPSA) is 72.8 Å². The summed E-state index contributed by atoms with van der Waals surface area (Å²) in [6, 6.07) is 11.7. The van der Waals surface area contributed by atoms with E-state index in [1.54, 1.807) is 31.5 Å². The molecule has 1 aromatic carbocycles. The standard InChI is InChI=1S/C19H21N3O3/c1-13-5-7-15(8-6-13)18-10-17(25-22-18)12-21-19(23)14(2)24-16-4-3-9-20-11-16/h3-9,11,14,17H,10,12H2,1-2H3,(H,21,23). The van der Waals surface area contributed by atoms with Crippen molar-refractivity contribution < 1.29 is 14.4 Å². The van der Waals surface area contributed by atoms with Crippen LogP contribution in [0.25, 0.3) is 0 Å². The van der Waals surface area contributed by atoms with Gasteiger partial charge in [0.2, 0.25) is 0 Å². The number of ether oxygens (including phenoxy) is 1. The van der Waals surface area contributed by atoms with E-state index in [1.807, 2.05) is 31.2 Å². The first-order valence-electron chi connectivity index (χ1n) is 8.26. The van der Waals surface area contributed by atoms with Gasteiger partial charge < -0.3 is 14.9 Å².